The number of benzene rings is 3. The Morgan fingerprint density at radius 1 is 0.903 bits per heavy atom. The van der Waals surface area contributed by atoms with Gasteiger partial charge in [-0.3, -0.25) is 0 Å². The predicted molar refractivity (Wildman–Crippen MR) is 125 cm³/mol. The van der Waals surface area contributed by atoms with E-state index in [1.165, 1.54) is 33.4 Å². The number of ether oxygens (including phenoxy) is 3. The van der Waals surface area contributed by atoms with E-state index < -0.39 is 0 Å². The maximum atomic E-state index is 6.03. The smallest absolute Gasteiger partial charge is 0.119 e. The van der Waals surface area contributed by atoms with Crippen molar-refractivity contribution in [1.82, 2.24) is 0 Å². The van der Waals surface area contributed by atoms with Crippen molar-refractivity contribution in [1.29, 1.82) is 0 Å². The summed E-state index contributed by atoms with van der Waals surface area (Å²) in [5, 5.41) is 0. The minimum absolute atomic E-state index is 0.252. The molecule has 2 atom stereocenters. The summed E-state index contributed by atoms with van der Waals surface area (Å²) in [5.74, 6) is 0.917. The lowest BCUT2D eigenvalue weighted by Gasteiger charge is -2.17. The van der Waals surface area contributed by atoms with E-state index in [-0.39, 0.29) is 6.10 Å². The highest BCUT2D eigenvalue weighted by Gasteiger charge is 2.24. The minimum Gasteiger partial charge on any atom is -0.493 e. The Morgan fingerprint density at radius 3 is 2.48 bits per heavy atom. The molecule has 1 heterocycles. The van der Waals surface area contributed by atoms with Crippen molar-refractivity contribution in [2.24, 2.45) is 0 Å². The molecule has 5 rings (SSSR count). The molecule has 31 heavy (non-hydrogen) atoms. The van der Waals surface area contributed by atoms with E-state index in [1.54, 1.807) is 0 Å². The highest BCUT2D eigenvalue weighted by Crippen LogP contribution is 2.41. The molecule has 3 nitrogen and oxygen atoms in total. The van der Waals surface area contributed by atoms with Gasteiger partial charge < -0.3 is 14.2 Å². The molecule has 3 heteroatoms. The van der Waals surface area contributed by atoms with Crippen LogP contribution < -0.4 is 4.74 Å². The zero-order valence-electron chi connectivity index (χ0n) is 18.2. The second-order valence-electron chi connectivity index (χ2n) is 8.53. The summed E-state index contributed by atoms with van der Waals surface area (Å²) in [5.41, 5.74) is 8.15. The summed E-state index contributed by atoms with van der Waals surface area (Å²) in [6.45, 7) is 4.43. The first kappa shape index (κ1) is 20.3. The molecule has 0 radical (unpaired) electrons. The van der Waals surface area contributed by atoms with Gasteiger partial charge in [0.2, 0.25) is 0 Å². The number of hydrogen-bond donors (Lipinski definition) is 0. The van der Waals surface area contributed by atoms with Gasteiger partial charge in [0.1, 0.15) is 11.9 Å². The third kappa shape index (κ3) is 4.68. The molecular weight excluding hydrogens is 384 g/mol. The van der Waals surface area contributed by atoms with Crippen LogP contribution in [0.3, 0.4) is 0 Å². The molecule has 3 aromatic carbocycles. The first-order chi connectivity index (χ1) is 15.3. The fraction of sp³-hybridized carbons (Fsp3) is 0.357. The highest BCUT2D eigenvalue weighted by atomic mass is 16.6. The molecule has 160 valence electrons. The largest absolute Gasteiger partial charge is 0.493 e. The lowest BCUT2D eigenvalue weighted by molar-refractivity contribution is 0.0236. The second kappa shape index (κ2) is 9.25. The van der Waals surface area contributed by atoms with E-state index in [9.17, 15) is 0 Å². The molecule has 1 aliphatic heterocycles. The second-order valence-corrected chi connectivity index (χ2v) is 8.53. The van der Waals surface area contributed by atoms with Gasteiger partial charge in [0.05, 0.1) is 25.9 Å². The molecule has 1 saturated heterocycles. The van der Waals surface area contributed by atoms with E-state index in [1.807, 2.05) is 0 Å². The molecule has 0 amide bonds. The standard InChI is InChI=1S/C28H30O3/c1-2-6-22(30-18-24-19-31-24)15-16-29-23-13-11-20(12-14-23)25-9-5-10-27-26-8-4-3-7-21(26)17-28(25)27/h3-5,7-14,22,24H,2,6,15-19H2,1H3. The maximum Gasteiger partial charge on any atom is 0.119 e. The van der Waals surface area contributed by atoms with Gasteiger partial charge in [0.25, 0.3) is 0 Å². The molecule has 3 aromatic rings. The van der Waals surface area contributed by atoms with Crippen molar-refractivity contribution < 1.29 is 14.2 Å². The van der Waals surface area contributed by atoms with E-state index >= 15 is 0 Å². The maximum absolute atomic E-state index is 6.03. The van der Waals surface area contributed by atoms with Gasteiger partial charge in [-0.1, -0.05) is 67.9 Å². The fourth-order valence-electron chi connectivity index (χ4n) is 4.51. The van der Waals surface area contributed by atoms with Crippen molar-refractivity contribution in [3.8, 4) is 28.0 Å². The summed E-state index contributed by atoms with van der Waals surface area (Å²) in [7, 11) is 0. The van der Waals surface area contributed by atoms with Gasteiger partial charge in [0, 0.05) is 6.42 Å². The number of fused-ring (bicyclic) bond motifs is 3. The molecule has 1 aliphatic carbocycles. The van der Waals surface area contributed by atoms with E-state index in [0.717, 1.165) is 38.0 Å². The zero-order chi connectivity index (χ0) is 21.0. The van der Waals surface area contributed by atoms with Crippen LogP contribution in [0.2, 0.25) is 0 Å². The van der Waals surface area contributed by atoms with Crippen molar-refractivity contribution in [3.63, 3.8) is 0 Å². The highest BCUT2D eigenvalue weighted by molar-refractivity contribution is 5.84. The van der Waals surface area contributed by atoms with Crippen LogP contribution in [-0.4, -0.2) is 32.0 Å². The predicted octanol–water partition coefficient (Wildman–Crippen LogP) is 6.28. The average molecular weight is 415 g/mol. The summed E-state index contributed by atoms with van der Waals surface area (Å²) in [6.07, 6.45) is 4.67. The van der Waals surface area contributed by atoms with Crippen molar-refractivity contribution >= 4 is 0 Å². The average Bonchev–Trinajstić information content (AvgIpc) is 3.56. The normalized spacial score (nSPS) is 17.1. The van der Waals surface area contributed by atoms with Crippen LogP contribution >= 0.6 is 0 Å². The topological polar surface area (TPSA) is 31.0 Å². The zero-order valence-corrected chi connectivity index (χ0v) is 18.2. The van der Waals surface area contributed by atoms with Crippen LogP contribution in [0.1, 0.15) is 37.3 Å². The van der Waals surface area contributed by atoms with Crippen LogP contribution in [0.15, 0.2) is 66.7 Å². The Kier molecular flexibility index (Phi) is 6.06. The molecule has 0 bridgehead atoms. The molecular formula is C28H30O3. The summed E-state index contributed by atoms with van der Waals surface area (Å²) in [6, 6.07) is 23.9. The van der Waals surface area contributed by atoms with Gasteiger partial charge in [-0.15, -0.1) is 0 Å². The lowest BCUT2D eigenvalue weighted by Crippen LogP contribution is -2.19. The van der Waals surface area contributed by atoms with E-state index in [2.05, 4.69) is 73.7 Å². The van der Waals surface area contributed by atoms with Crippen LogP contribution in [-0.2, 0) is 15.9 Å². The van der Waals surface area contributed by atoms with Crippen LogP contribution in [0.4, 0.5) is 0 Å². The van der Waals surface area contributed by atoms with Crippen LogP contribution in [0, 0.1) is 0 Å². The van der Waals surface area contributed by atoms with Gasteiger partial charge in [-0.05, 0) is 58.4 Å². The van der Waals surface area contributed by atoms with Gasteiger partial charge in [-0.25, -0.2) is 0 Å². The van der Waals surface area contributed by atoms with Gasteiger partial charge >= 0.3 is 0 Å². The Labute approximate surface area is 185 Å². The first-order valence-electron chi connectivity index (χ1n) is 11.5. The number of rotatable bonds is 10. The number of epoxide rings is 1. The summed E-state index contributed by atoms with van der Waals surface area (Å²) >= 11 is 0. The van der Waals surface area contributed by atoms with Gasteiger partial charge in [0.15, 0.2) is 0 Å². The molecule has 1 fully saturated rings. The molecule has 0 N–H and O–H groups in total. The van der Waals surface area contributed by atoms with Crippen molar-refractivity contribution in [2.75, 3.05) is 19.8 Å². The molecule has 0 spiro atoms. The molecule has 2 aliphatic rings. The Hall–Kier alpha value is -2.62. The Bertz CT molecular complexity index is 1020. The Morgan fingerprint density at radius 2 is 1.68 bits per heavy atom. The third-order valence-corrected chi connectivity index (χ3v) is 6.26. The molecule has 2 unspecified atom stereocenters. The minimum atomic E-state index is 0.252. The van der Waals surface area contributed by atoms with Crippen molar-refractivity contribution in [2.45, 2.75) is 44.8 Å². The number of hydrogen-bond acceptors (Lipinski definition) is 3. The quantitative estimate of drug-likeness (QED) is 0.286. The van der Waals surface area contributed by atoms with E-state index in [4.69, 9.17) is 14.2 Å². The first-order valence-corrected chi connectivity index (χ1v) is 11.5. The molecule has 0 aromatic heterocycles. The lowest BCUT2D eigenvalue weighted by atomic mass is 9.96. The summed E-state index contributed by atoms with van der Waals surface area (Å²) in [4.78, 5) is 0. The van der Waals surface area contributed by atoms with E-state index in [0.29, 0.717) is 19.3 Å². The fourth-order valence-corrected chi connectivity index (χ4v) is 4.51. The third-order valence-electron chi connectivity index (χ3n) is 6.26. The van der Waals surface area contributed by atoms with Crippen LogP contribution in [0.5, 0.6) is 5.75 Å². The molecule has 0 saturated carbocycles. The Balaban J connectivity index is 1.22. The van der Waals surface area contributed by atoms with Crippen molar-refractivity contribution in [3.05, 3.63) is 77.9 Å². The summed E-state index contributed by atoms with van der Waals surface area (Å²) < 4.78 is 17.3. The SMILES string of the molecule is CCCC(CCOc1ccc(-c2cccc3c2Cc2ccccc2-3)cc1)OCC1CO1. The van der Waals surface area contributed by atoms with Crippen LogP contribution in [0.25, 0.3) is 22.3 Å². The monoisotopic (exact) mass is 414 g/mol. The van der Waals surface area contributed by atoms with Gasteiger partial charge in [-0.2, -0.15) is 0 Å².